The molecule has 1 aliphatic heterocycles. The van der Waals surface area contributed by atoms with Gasteiger partial charge in [0.25, 0.3) is 0 Å². The van der Waals surface area contributed by atoms with Crippen LogP contribution in [0.2, 0.25) is 0 Å². The quantitative estimate of drug-likeness (QED) is 0.573. The molecule has 1 aromatic carbocycles. The lowest BCUT2D eigenvalue weighted by Crippen LogP contribution is -2.25. The zero-order valence-corrected chi connectivity index (χ0v) is 18.6. The Morgan fingerprint density at radius 1 is 1.24 bits per heavy atom. The summed E-state index contributed by atoms with van der Waals surface area (Å²) < 4.78 is 45.9. The number of hydrogen-bond acceptors (Lipinski definition) is 7. The predicted molar refractivity (Wildman–Crippen MR) is 116 cm³/mol. The van der Waals surface area contributed by atoms with Crippen LogP contribution >= 0.6 is 0 Å². The summed E-state index contributed by atoms with van der Waals surface area (Å²) in [6, 6.07) is 7.57. The van der Waals surface area contributed by atoms with E-state index in [1.54, 1.807) is 18.2 Å². The third-order valence-corrected chi connectivity index (χ3v) is 5.61. The van der Waals surface area contributed by atoms with Crippen LogP contribution < -0.4 is 19.7 Å². The van der Waals surface area contributed by atoms with Gasteiger partial charge < -0.3 is 24.8 Å². The minimum absolute atomic E-state index is 0.00386. The number of hydrogen-bond donors (Lipinski definition) is 2. The van der Waals surface area contributed by atoms with Crippen LogP contribution in [0.4, 0.5) is 24.8 Å². The van der Waals surface area contributed by atoms with E-state index in [0.29, 0.717) is 37.7 Å². The molecule has 0 unspecified atom stereocenters. The molecule has 1 aliphatic rings. The fourth-order valence-corrected chi connectivity index (χ4v) is 3.90. The highest BCUT2D eigenvalue weighted by atomic mass is 19.4. The topological polar surface area (TPSA) is 96.8 Å². The number of nitrogens with one attached hydrogen (secondary N) is 1. The second-order valence-corrected chi connectivity index (χ2v) is 8.22. The van der Waals surface area contributed by atoms with Crippen LogP contribution in [-0.2, 0) is 11.2 Å². The van der Waals surface area contributed by atoms with Gasteiger partial charge >= 0.3 is 18.3 Å². The number of carboxylic acids is 1. The van der Waals surface area contributed by atoms with Crippen molar-refractivity contribution in [3.05, 3.63) is 35.9 Å². The van der Waals surface area contributed by atoms with Gasteiger partial charge in [-0.25, -0.2) is 0 Å². The van der Waals surface area contributed by atoms with Gasteiger partial charge in [-0.15, -0.1) is 13.2 Å². The average molecular weight is 468 g/mol. The summed E-state index contributed by atoms with van der Waals surface area (Å²) in [6.07, 6.45) is -4.18. The van der Waals surface area contributed by atoms with E-state index < -0.39 is 18.2 Å². The fourth-order valence-electron chi connectivity index (χ4n) is 3.90. The van der Waals surface area contributed by atoms with Gasteiger partial charge in [-0.2, -0.15) is 9.97 Å². The zero-order valence-electron chi connectivity index (χ0n) is 18.6. The largest absolute Gasteiger partial charge is 0.573 e. The number of carbonyl (C=O) groups is 1. The molecule has 0 spiro atoms. The number of aliphatic carboxylic acids is 1. The Bertz CT molecular complexity index is 954. The molecular weight excluding hydrogens is 441 g/mol. The first-order chi connectivity index (χ1) is 15.6. The summed E-state index contributed by atoms with van der Waals surface area (Å²) in [5.41, 5.74) is 0.821. The van der Waals surface area contributed by atoms with Crippen molar-refractivity contribution in [3.63, 3.8) is 0 Å². The molecule has 2 heterocycles. The molecular formula is C22H27F3N4O4. The van der Waals surface area contributed by atoms with Crippen LogP contribution in [0, 0.1) is 17.8 Å². The van der Waals surface area contributed by atoms with Crippen molar-refractivity contribution in [1.82, 2.24) is 9.97 Å². The first-order valence-corrected chi connectivity index (χ1v) is 10.5. The molecule has 1 fully saturated rings. The second kappa shape index (κ2) is 10.1. The van der Waals surface area contributed by atoms with Gasteiger partial charge in [-0.1, -0.05) is 26.0 Å². The van der Waals surface area contributed by atoms with E-state index >= 15 is 0 Å². The van der Waals surface area contributed by atoms with E-state index in [4.69, 9.17) is 4.74 Å². The molecule has 0 bridgehead atoms. The molecule has 0 amide bonds. The van der Waals surface area contributed by atoms with Crippen LogP contribution in [-0.4, -0.2) is 54.2 Å². The summed E-state index contributed by atoms with van der Waals surface area (Å²) >= 11 is 0. The number of ether oxygens (including phenoxy) is 2. The predicted octanol–water partition coefficient (Wildman–Crippen LogP) is 3.83. The molecule has 2 N–H and O–H groups in total. The summed E-state index contributed by atoms with van der Waals surface area (Å²) in [5.74, 6) is -0.265. The summed E-state index contributed by atoms with van der Waals surface area (Å²) in [6.45, 7) is 5.41. The average Bonchev–Trinajstić information content (AvgIpc) is 3.20. The number of nitrogens with zero attached hydrogens (tertiary/aromatic N) is 3. The minimum Gasteiger partial charge on any atom is -0.481 e. The van der Waals surface area contributed by atoms with Gasteiger partial charge in [-0.05, 0) is 36.0 Å². The van der Waals surface area contributed by atoms with Crippen LogP contribution in [0.25, 0.3) is 0 Å². The molecule has 8 nitrogen and oxygen atoms in total. The number of alkyl halides is 3. The maximum absolute atomic E-state index is 12.3. The van der Waals surface area contributed by atoms with Crippen molar-refractivity contribution in [2.45, 2.75) is 26.6 Å². The standard InChI is InChI=1S/C22H27F3N4O4/c1-13(2)16-11-29(12-17(16)20(30)31)19-10-18(27-21(28-19)32-3)26-9-8-14-4-6-15(7-5-14)33-22(23,24)25/h4-7,10,13,16-17H,8-9,11-12H2,1-3H3,(H,30,31)(H,26,27,28)/t16-,17+/m0/s1. The zero-order chi connectivity index (χ0) is 24.2. The van der Waals surface area contributed by atoms with Crippen LogP contribution in [0.3, 0.4) is 0 Å². The number of benzene rings is 1. The molecule has 2 atom stereocenters. The number of halogens is 3. The fraction of sp³-hybridized carbons (Fsp3) is 0.500. The number of aromatic nitrogens is 2. The highest BCUT2D eigenvalue weighted by Crippen LogP contribution is 2.33. The van der Waals surface area contributed by atoms with Gasteiger partial charge in [0.2, 0.25) is 0 Å². The third kappa shape index (κ3) is 6.62. The Hall–Kier alpha value is -3.24. The van der Waals surface area contributed by atoms with Gasteiger partial charge in [0.1, 0.15) is 17.4 Å². The second-order valence-electron chi connectivity index (χ2n) is 8.22. The Labute approximate surface area is 189 Å². The van der Waals surface area contributed by atoms with Crippen molar-refractivity contribution >= 4 is 17.6 Å². The number of rotatable bonds is 9. The Morgan fingerprint density at radius 3 is 2.48 bits per heavy atom. The smallest absolute Gasteiger partial charge is 0.481 e. The van der Waals surface area contributed by atoms with E-state index in [1.165, 1.54) is 19.2 Å². The van der Waals surface area contributed by atoms with Crippen molar-refractivity contribution in [3.8, 4) is 11.8 Å². The highest BCUT2D eigenvalue weighted by molar-refractivity contribution is 5.72. The maximum atomic E-state index is 12.3. The molecule has 1 aromatic heterocycles. The van der Waals surface area contributed by atoms with Gasteiger partial charge in [0.05, 0.1) is 13.0 Å². The molecule has 0 aliphatic carbocycles. The van der Waals surface area contributed by atoms with Crippen molar-refractivity contribution in [2.24, 2.45) is 17.8 Å². The van der Waals surface area contributed by atoms with E-state index in [-0.39, 0.29) is 23.6 Å². The molecule has 2 aromatic rings. The molecule has 1 saturated heterocycles. The van der Waals surface area contributed by atoms with Crippen LogP contribution in [0.1, 0.15) is 19.4 Å². The summed E-state index contributed by atoms with van der Waals surface area (Å²) in [7, 11) is 1.45. The van der Waals surface area contributed by atoms with Crippen LogP contribution in [0.5, 0.6) is 11.8 Å². The molecule has 180 valence electrons. The van der Waals surface area contributed by atoms with Crippen LogP contribution in [0.15, 0.2) is 30.3 Å². The summed E-state index contributed by atoms with van der Waals surface area (Å²) in [5, 5.41) is 12.8. The minimum atomic E-state index is -4.72. The Kier molecular flexibility index (Phi) is 7.50. The molecule has 0 saturated carbocycles. The Morgan fingerprint density at radius 2 is 1.94 bits per heavy atom. The number of carboxylic acid groups (broad SMARTS) is 1. The number of anilines is 2. The highest BCUT2D eigenvalue weighted by Gasteiger charge is 2.40. The lowest BCUT2D eigenvalue weighted by Gasteiger charge is -2.20. The molecule has 3 rings (SSSR count). The van der Waals surface area contributed by atoms with Crippen molar-refractivity contribution in [1.29, 1.82) is 0 Å². The number of methoxy groups -OCH3 is 1. The van der Waals surface area contributed by atoms with Gasteiger partial charge in [0, 0.05) is 25.7 Å². The van der Waals surface area contributed by atoms with E-state index in [9.17, 15) is 23.1 Å². The third-order valence-electron chi connectivity index (χ3n) is 5.61. The molecule has 11 heteroatoms. The molecule has 33 heavy (non-hydrogen) atoms. The van der Waals surface area contributed by atoms with Crippen molar-refractivity contribution in [2.75, 3.05) is 37.0 Å². The SMILES string of the molecule is COc1nc(NCCc2ccc(OC(F)(F)F)cc2)cc(N2C[C@@H](C(=O)O)[C@H](C(C)C)C2)n1. The summed E-state index contributed by atoms with van der Waals surface area (Å²) in [4.78, 5) is 22.3. The first kappa shape index (κ1) is 24.4. The monoisotopic (exact) mass is 468 g/mol. The normalized spacial score (nSPS) is 18.5. The lowest BCUT2D eigenvalue weighted by atomic mass is 9.86. The molecule has 0 radical (unpaired) electrons. The van der Waals surface area contributed by atoms with E-state index in [2.05, 4.69) is 20.0 Å². The first-order valence-electron chi connectivity index (χ1n) is 10.5. The van der Waals surface area contributed by atoms with Crippen molar-refractivity contribution < 1.29 is 32.5 Å². The van der Waals surface area contributed by atoms with E-state index in [1.807, 2.05) is 18.7 Å². The van der Waals surface area contributed by atoms with Gasteiger partial charge in [0.15, 0.2) is 0 Å². The Balaban J connectivity index is 1.65. The van der Waals surface area contributed by atoms with E-state index in [0.717, 1.165) is 5.56 Å². The maximum Gasteiger partial charge on any atom is 0.573 e. The van der Waals surface area contributed by atoms with Gasteiger partial charge in [-0.3, -0.25) is 4.79 Å². The lowest BCUT2D eigenvalue weighted by molar-refractivity contribution is -0.274.